The normalized spacial score (nSPS) is 23.7. The molecule has 1 fully saturated rings. The predicted octanol–water partition coefficient (Wildman–Crippen LogP) is 1.91. The zero-order valence-corrected chi connectivity index (χ0v) is 15.3. The van der Waals surface area contributed by atoms with Gasteiger partial charge in [0.15, 0.2) is 0 Å². The van der Waals surface area contributed by atoms with Gasteiger partial charge in [0.05, 0.1) is 17.3 Å². The summed E-state index contributed by atoms with van der Waals surface area (Å²) in [6.07, 6.45) is 3.55. The number of hydrogen-bond donors (Lipinski definition) is 1. The van der Waals surface area contributed by atoms with E-state index in [2.05, 4.69) is 4.98 Å². The third kappa shape index (κ3) is 3.01. The van der Waals surface area contributed by atoms with E-state index in [1.54, 1.807) is 31.1 Å². The highest BCUT2D eigenvalue weighted by Crippen LogP contribution is 2.40. The summed E-state index contributed by atoms with van der Waals surface area (Å²) in [6, 6.07) is -0.550. The second kappa shape index (κ2) is 6.70. The molecule has 0 radical (unpaired) electrons. The Kier molecular flexibility index (Phi) is 4.80. The number of fused-ring (bicyclic) bond motifs is 1. The molecule has 24 heavy (non-hydrogen) atoms. The number of carbonyl (C=O) groups excluding carboxylic acids is 2. The van der Waals surface area contributed by atoms with E-state index in [4.69, 9.17) is 10.5 Å². The average molecular weight is 365 g/mol. The number of hydrogen-bond acceptors (Lipinski definition) is 7. The Labute approximate surface area is 148 Å². The number of ether oxygens (including phenoxy) is 1. The largest absolute Gasteiger partial charge is 0.458 e. The highest BCUT2D eigenvalue weighted by molar-refractivity contribution is 8.00. The molecule has 0 spiro atoms. The fourth-order valence-electron chi connectivity index (χ4n) is 2.57. The number of aryl methyl sites for hydroxylation is 1. The van der Waals surface area contributed by atoms with Gasteiger partial charge in [0, 0.05) is 10.6 Å². The van der Waals surface area contributed by atoms with Crippen molar-refractivity contribution >= 4 is 41.1 Å². The molecule has 1 amide bonds. The molecule has 8 heteroatoms. The SMILES string of the molecule is Cc1ncsc1/C=C\C1=C(C(=O)OC(C)C)N2C(=O)C(N)[C@@H]2SC1. The van der Waals surface area contributed by atoms with E-state index in [-0.39, 0.29) is 17.4 Å². The number of allylic oxidation sites excluding steroid dienone is 1. The average Bonchev–Trinajstić information content (AvgIpc) is 2.95. The van der Waals surface area contributed by atoms with Gasteiger partial charge < -0.3 is 10.5 Å². The summed E-state index contributed by atoms with van der Waals surface area (Å²) in [5, 5.41) is -0.186. The van der Waals surface area contributed by atoms with Crippen LogP contribution in [-0.2, 0) is 14.3 Å². The molecule has 0 aromatic carbocycles. The van der Waals surface area contributed by atoms with Crippen LogP contribution in [0.1, 0.15) is 24.4 Å². The molecule has 1 unspecified atom stereocenters. The van der Waals surface area contributed by atoms with Crippen molar-refractivity contribution in [3.8, 4) is 0 Å². The number of esters is 1. The van der Waals surface area contributed by atoms with Crippen molar-refractivity contribution in [3.63, 3.8) is 0 Å². The zero-order valence-electron chi connectivity index (χ0n) is 13.7. The van der Waals surface area contributed by atoms with E-state index in [9.17, 15) is 9.59 Å². The Morgan fingerprint density at radius 1 is 1.50 bits per heavy atom. The van der Waals surface area contributed by atoms with Crippen molar-refractivity contribution in [1.29, 1.82) is 0 Å². The van der Waals surface area contributed by atoms with Gasteiger partial charge in [-0.15, -0.1) is 23.1 Å². The van der Waals surface area contributed by atoms with Crippen molar-refractivity contribution in [2.45, 2.75) is 38.3 Å². The van der Waals surface area contributed by atoms with Crippen LogP contribution in [-0.4, -0.2) is 45.0 Å². The van der Waals surface area contributed by atoms with Gasteiger partial charge in [-0.05, 0) is 32.4 Å². The van der Waals surface area contributed by atoms with Crippen molar-refractivity contribution < 1.29 is 14.3 Å². The number of aromatic nitrogens is 1. The van der Waals surface area contributed by atoms with Crippen LogP contribution in [0, 0.1) is 6.92 Å². The van der Waals surface area contributed by atoms with Crippen LogP contribution in [0.15, 0.2) is 22.9 Å². The van der Waals surface area contributed by atoms with Gasteiger partial charge in [0.25, 0.3) is 0 Å². The number of β-lactam (4-membered cyclic amide) rings is 1. The lowest BCUT2D eigenvalue weighted by molar-refractivity contribution is -0.152. The smallest absolute Gasteiger partial charge is 0.355 e. The van der Waals surface area contributed by atoms with Crippen LogP contribution in [0.25, 0.3) is 6.08 Å². The number of amides is 1. The van der Waals surface area contributed by atoms with Gasteiger partial charge >= 0.3 is 5.97 Å². The number of carbonyl (C=O) groups is 2. The molecule has 2 N–H and O–H groups in total. The molecule has 6 nitrogen and oxygen atoms in total. The molecule has 3 rings (SSSR count). The lowest BCUT2D eigenvalue weighted by atomic mass is 10.0. The molecule has 128 valence electrons. The summed E-state index contributed by atoms with van der Waals surface area (Å²) < 4.78 is 5.33. The summed E-state index contributed by atoms with van der Waals surface area (Å²) in [5.74, 6) is -0.0991. The van der Waals surface area contributed by atoms with Crippen LogP contribution in [0.3, 0.4) is 0 Å². The van der Waals surface area contributed by atoms with Crippen LogP contribution in [0.4, 0.5) is 0 Å². The molecule has 1 aromatic rings. The Morgan fingerprint density at radius 3 is 2.88 bits per heavy atom. The summed E-state index contributed by atoms with van der Waals surface area (Å²) >= 11 is 3.10. The second-order valence-corrected chi connectivity index (χ2v) is 7.89. The number of nitrogens with zero attached hydrogens (tertiary/aromatic N) is 2. The molecule has 0 saturated carbocycles. The first kappa shape index (κ1) is 17.2. The van der Waals surface area contributed by atoms with Crippen LogP contribution < -0.4 is 5.73 Å². The van der Waals surface area contributed by atoms with E-state index in [1.807, 2.05) is 19.1 Å². The Balaban J connectivity index is 1.95. The molecule has 0 bridgehead atoms. The lowest BCUT2D eigenvalue weighted by Crippen LogP contribution is -2.68. The van der Waals surface area contributed by atoms with Gasteiger partial charge in [-0.25, -0.2) is 9.78 Å². The number of thiazole rings is 1. The third-order valence-electron chi connectivity index (χ3n) is 3.79. The van der Waals surface area contributed by atoms with Crippen molar-refractivity contribution in [1.82, 2.24) is 9.88 Å². The van der Waals surface area contributed by atoms with Gasteiger partial charge in [0.1, 0.15) is 17.1 Å². The molecule has 0 aliphatic carbocycles. The standard InChI is InChI=1S/C16H19N3O3S2/c1-8(2)22-16(21)13-10(4-5-11-9(3)18-7-24-11)6-23-15-12(17)14(20)19(13)15/h4-5,7-8,12,15H,6,17H2,1-3H3/b5-4-/t12?,15-/m0/s1. The minimum Gasteiger partial charge on any atom is -0.458 e. The molecular formula is C16H19N3O3S2. The Morgan fingerprint density at radius 2 is 2.25 bits per heavy atom. The lowest BCUT2D eigenvalue weighted by Gasteiger charge is -2.48. The van der Waals surface area contributed by atoms with E-state index in [1.165, 1.54) is 16.2 Å². The third-order valence-corrected chi connectivity index (χ3v) is 6.01. The van der Waals surface area contributed by atoms with Gasteiger partial charge in [-0.1, -0.05) is 6.08 Å². The molecule has 1 saturated heterocycles. The van der Waals surface area contributed by atoms with Gasteiger partial charge in [-0.2, -0.15) is 0 Å². The minimum absolute atomic E-state index is 0.186. The van der Waals surface area contributed by atoms with Crippen molar-refractivity contribution in [2.75, 3.05) is 5.75 Å². The van der Waals surface area contributed by atoms with Crippen LogP contribution in [0.5, 0.6) is 0 Å². The zero-order chi connectivity index (χ0) is 17.4. The second-order valence-electron chi connectivity index (χ2n) is 5.90. The first-order valence-electron chi connectivity index (χ1n) is 7.62. The fraction of sp³-hybridized carbons (Fsp3) is 0.438. The summed E-state index contributed by atoms with van der Waals surface area (Å²) in [7, 11) is 0. The maximum atomic E-state index is 12.5. The van der Waals surface area contributed by atoms with Gasteiger partial charge in [-0.3, -0.25) is 9.69 Å². The monoisotopic (exact) mass is 365 g/mol. The predicted molar refractivity (Wildman–Crippen MR) is 95.2 cm³/mol. The van der Waals surface area contributed by atoms with Crippen molar-refractivity contribution in [2.24, 2.45) is 5.73 Å². The van der Waals surface area contributed by atoms with Crippen molar-refractivity contribution in [3.05, 3.63) is 33.4 Å². The number of thioether (sulfide) groups is 1. The van der Waals surface area contributed by atoms with E-state index < -0.39 is 12.0 Å². The topological polar surface area (TPSA) is 85.5 Å². The molecule has 2 aliphatic rings. The molecule has 3 heterocycles. The quantitative estimate of drug-likeness (QED) is 0.648. The summed E-state index contributed by atoms with van der Waals surface area (Å²) in [4.78, 5) is 31.4. The summed E-state index contributed by atoms with van der Waals surface area (Å²) in [5.41, 5.74) is 9.65. The Bertz CT molecular complexity index is 739. The first-order valence-corrected chi connectivity index (χ1v) is 9.55. The van der Waals surface area contributed by atoms with E-state index in [0.29, 0.717) is 11.4 Å². The van der Waals surface area contributed by atoms with Crippen LogP contribution in [0.2, 0.25) is 0 Å². The highest BCUT2D eigenvalue weighted by atomic mass is 32.2. The first-order chi connectivity index (χ1) is 11.4. The van der Waals surface area contributed by atoms with E-state index in [0.717, 1.165) is 16.1 Å². The number of nitrogens with two attached hydrogens (primary N) is 1. The fourth-order valence-corrected chi connectivity index (χ4v) is 4.53. The minimum atomic E-state index is -0.550. The van der Waals surface area contributed by atoms with Gasteiger partial charge in [0.2, 0.25) is 5.91 Å². The maximum Gasteiger partial charge on any atom is 0.355 e. The maximum absolute atomic E-state index is 12.5. The van der Waals surface area contributed by atoms with E-state index >= 15 is 0 Å². The number of rotatable bonds is 4. The molecular weight excluding hydrogens is 346 g/mol. The van der Waals surface area contributed by atoms with Crippen LogP contribution >= 0.6 is 23.1 Å². The molecule has 2 atom stereocenters. The molecule has 2 aliphatic heterocycles. The molecule has 1 aromatic heterocycles. The Hall–Kier alpha value is -1.64. The highest BCUT2D eigenvalue weighted by Gasteiger charge is 2.51. The summed E-state index contributed by atoms with van der Waals surface area (Å²) in [6.45, 7) is 5.50.